The van der Waals surface area contributed by atoms with Crippen molar-refractivity contribution in [2.45, 2.75) is 32.2 Å². The third-order valence-corrected chi connectivity index (χ3v) is 5.65. The van der Waals surface area contributed by atoms with Crippen molar-refractivity contribution in [3.63, 3.8) is 0 Å². The SMILES string of the molecule is CCn1ccnc1C1CCN(C(=O)c2ccc(-c3ccccc3)n2C)CC1. The molecule has 0 unspecified atom stereocenters. The molecule has 0 N–H and O–H groups in total. The van der Waals surface area contributed by atoms with Gasteiger partial charge >= 0.3 is 0 Å². The number of rotatable bonds is 4. The molecule has 1 amide bonds. The summed E-state index contributed by atoms with van der Waals surface area (Å²) < 4.78 is 4.22. The second kappa shape index (κ2) is 7.43. The maximum Gasteiger partial charge on any atom is 0.270 e. The number of likely N-dealkylation sites (tertiary alicyclic amines) is 1. The molecule has 0 atom stereocenters. The highest BCUT2D eigenvalue weighted by Gasteiger charge is 2.28. The Kier molecular flexibility index (Phi) is 4.84. The lowest BCUT2D eigenvalue weighted by atomic mass is 9.95. The van der Waals surface area contributed by atoms with Crippen molar-refractivity contribution < 1.29 is 4.79 Å². The Morgan fingerprint density at radius 1 is 1.11 bits per heavy atom. The molecule has 1 fully saturated rings. The fourth-order valence-electron chi connectivity index (χ4n) is 4.08. The van der Waals surface area contributed by atoms with Crippen molar-refractivity contribution in [2.24, 2.45) is 7.05 Å². The van der Waals surface area contributed by atoms with E-state index in [1.165, 1.54) is 0 Å². The lowest BCUT2D eigenvalue weighted by Crippen LogP contribution is -2.39. The van der Waals surface area contributed by atoms with Crippen molar-refractivity contribution in [2.75, 3.05) is 13.1 Å². The van der Waals surface area contributed by atoms with Crippen LogP contribution in [0.3, 0.4) is 0 Å². The zero-order valence-corrected chi connectivity index (χ0v) is 16.0. The first kappa shape index (κ1) is 17.6. The molecule has 2 aromatic heterocycles. The summed E-state index contributed by atoms with van der Waals surface area (Å²) in [5.74, 6) is 1.73. The van der Waals surface area contributed by atoms with E-state index < -0.39 is 0 Å². The number of imidazole rings is 1. The van der Waals surface area contributed by atoms with Crippen LogP contribution in [0, 0.1) is 0 Å². The van der Waals surface area contributed by atoms with E-state index in [0.29, 0.717) is 5.92 Å². The second-order valence-corrected chi connectivity index (χ2v) is 7.17. The summed E-state index contributed by atoms with van der Waals surface area (Å²) in [6.45, 7) is 4.65. The van der Waals surface area contributed by atoms with Crippen LogP contribution in [0.2, 0.25) is 0 Å². The van der Waals surface area contributed by atoms with E-state index in [1.54, 1.807) is 0 Å². The van der Waals surface area contributed by atoms with Crippen LogP contribution in [0.4, 0.5) is 0 Å². The summed E-state index contributed by atoms with van der Waals surface area (Å²) in [6.07, 6.45) is 5.87. The number of benzene rings is 1. The number of aryl methyl sites for hydroxylation is 1. The van der Waals surface area contributed by atoms with Crippen LogP contribution < -0.4 is 0 Å². The number of nitrogens with zero attached hydrogens (tertiary/aromatic N) is 4. The van der Waals surface area contributed by atoms with Crippen LogP contribution >= 0.6 is 0 Å². The number of carbonyl (C=O) groups is 1. The Hall–Kier alpha value is -2.82. The summed E-state index contributed by atoms with van der Waals surface area (Å²) >= 11 is 0. The Labute approximate surface area is 160 Å². The largest absolute Gasteiger partial charge is 0.340 e. The first-order valence-corrected chi connectivity index (χ1v) is 9.70. The third kappa shape index (κ3) is 3.29. The molecule has 1 aromatic carbocycles. The lowest BCUT2D eigenvalue weighted by Gasteiger charge is -2.32. The van der Waals surface area contributed by atoms with E-state index in [2.05, 4.69) is 28.6 Å². The number of aromatic nitrogens is 3. The molecule has 4 rings (SSSR count). The Morgan fingerprint density at radius 3 is 2.56 bits per heavy atom. The topological polar surface area (TPSA) is 43.1 Å². The second-order valence-electron chi connectivity index (χ2n) is 7.17. The van der Waals surface area contributed by atoms with E-state index in [0.717, 1.165) is 55.3 Å². The van der Waals surface area contributed by atoms with Gasteiger partial charge in [-0.05, 0) is 37.5 Å². The van der Waals surface area contributed by atoms with Gasteiger partial charge in [0, 0.05) is 50.7 Å². The van der Waals surface area contributed by atoms with Crippen LogP contribution in [0.5, 0.6) is 0 Å². The predicted molar refractivity (Wildman–Crippen MR) is 107 cm³/mol. The average Bonchev–Trinajstić information content (AvgIpc) is 3.35. The van der Waals surface area contributed by atoms with Gasteiger partial charge in [-0.25, -0.2) is 4.98 Å². The van der Waals surface area contributed by atoms with Crippen LogP contribution in [-0.2, 0) is 13.6 Å². The minimum Gasteiger partial charge on any atom is -0.340 e. The van der Waals surface area contributed by atoms with Gasteiger partial charge < -0.3 is 14.0 Å². The summed E-state index contributed by atoms with van der Waals surface area (Å²) in [7, 11) is 1.97. The van der Waals surface area contributed by atoms with E-state index >= 15 is 0 Å². The Bertz CT molecular complexity index is 917. The standard InChI is InChI=1S/C22H26N4O/c1-3-25-16-13-23-21(25)18-11-14-26(15-12-18)22(27)20-10-9-19(24(20)2)17-7-5-4-6-8-17/h4-10,13,16,18H,3,11-12,14-15H2,1-2H3. The minimum atomic E-state index is 0.122. The number of piperidine rings is 1. The maximum absolute atomic E-state index is 13.1. The summed E-state index contributed by atoms with van der Waals surface area (Å²) in [4.78, 5) is 19.6. The molecule has 0 saturated carbocycles. The molecule has 1 saturated heterocycles. The molecule has 5 nitrogen and oxygen atoms in total. The van der Waals surface area contributed by atoms with Crippen LogP contribution in [0.25, 0.3) is 11.3 Å². The average molecular weight is 362 g/mol. The molecule has 0 radical (unpaired) electrons. The van der Waals surface area contributed by atoms with Crippen LogP contribution in [-0.4, -0.2) is 38.0 Å². The molecule has 0 bridgehead atoms. The van der Waals surface area contributed by atoms with Gasteiger partial charge in [0.1, 0.15) is 11.5 Å². The number of carbonyl (C=O) groups excluding carboxylic acids is 1. The molecule has 1 aliphatic heterocycles. The highest BCUT2D eigenvalue weighted by atomic mass is 16.2. The number of hydrogen-bond donors (Lipinski definition) is 0. The molecular formula is C22H26N4O. The molecule has 5 heteroatoms. The van der Waals surface area contributed by atoms with E-state index in [4.69, 9.17) is 0 Å². The van der Waals surface area contributed by atoms with Gasteiger partial charge in [0.05, 0.1) is 0 Å². The van der Waals surface area contributed by atoms with Crippen molar-refractivity contribution >= 4 is 5.91 Å². The zero-order chi connectivity index (χ0) is 18.8. The summed E-state index contributed by atoms with van der Waals surface area (Å²) in [6, 6.07) is 14.2. The zero-order valence-electron chi connectivity index (χ0n) is 16.0. The van der Waals surface area contributed by atoms with Crippen LogP contribution in [0.15, 0.2) is 54.9 Å². The van der Waals surface area contributed by atoms with Gasteiger partial charge in [0.2, 0.25) is 0 Å². The number of amides is 1. The molecule has 3 heterocycles. The van der Waals surface area contributed by atoms with Gasteiger partial charge in [0.15, 0.2) is 0 Å². The van der Waals surface area contributed by atoms with Gasteiger partial charge in [-0.3, -0.25) is 4.79 Å². The molecule has 0 aliphatic carbocycles. The first-order valence-electron chi connectivity index (χ1n) is 9.70. The Balaban J connectivity index is 1.47. The fourth-order valence-corrected chi connectivity index (χ4v) is 4.08. The van der Waals surface area contributed by atoms with Crippen molar-refractivity contribution in [1.82, 2.24) is 19.0 Å². The smallest absolute Gasteiger partial charge is 0.270 e. The highest BCUT2D eigenvalue weighted by molar-refractivity contribution is 5.94. The monoisotopic (exact) mass is 362 g/mol. The van der Waals surface area contributed by atoms with Gasteiger partial charge in [0.25, 0.3) is 5.91 Å². The van der Waals surface area contributed by atoms with Crippen molar-refractivity contribution in [3.8, 4) is 11.3 Å². The predicted octanol–water partition coefficient (Wildman–Crippen LogP) is 3.93. The molecule has 1 aliphatic rings. The lowest BCUT2D eigenvalue weighted by molar-refractivity contribution is 0.0701. The molecule has 140 valence electrons. The quantitative estimate of drug-likeness (QED) is 0.706. The third-order valence-electron chi connectivity index (χ3n) is 5.65. The van der Waals surface area contributed by atoms with E-state index in [1.807, 2.05) is 59.2 Å². The normalized spacial score (nSPS) is 15.3. The maximum atomic E-state index is 13.1. The van der Waals surface area contributed by atoms with Crippen molar-refractivity contribution in [1.29, 1.82) is 0 Å². The first-order chi connectivity index (χ1) is 13.2. The van der Waals surface area contributed by atoms with E-state index in [9.17, 15) is 4.79 Å². The summed E-state index contributed by atoms with van der Waals surface area (Å²) in [5.41, 5.74) is 2.95. The fraction of sp³-hybridized carbons (Fsp3) is 0.364. The van der Waals surface area contributed by atoms with Crippen molar-refractivity contribution in [3.05, 3.63) is 66.4 Å². The van der Waals surface area contributed by atoms with E-state index in [-0.39, 0.29) is 5.91 Å². The van der Waals surface area contributed by atoms with Gasteiger partial charge in [-0.1, -0.05) is 30.3 Å². The minimum absolute atomic E-state index is 0.122. The molecule has 3 aromatic rings. The Morgan fingerprint density at radius 2 is 1.85 bits per heavy atom. The molecule has 27 heavy (non-hydrogen) atoms. The summed E-state index contributed by atoms with van der Waals surface area (Å²) in [5, 5.41) is 0. The number of hydrogen-bond acceptors (Lipinski definition) is 2. The van der Waals surface area contributed by atoms with Gasteiger partial charge in [-0.15, -0.1) is 0 Å². The molecule has 0 spiro atoms. The van der Waals surface area contributed by atoms with Gasteiger partial charge in [-0.2, -0.15) is 0 Å². The van der Waals surface area contributed by atoms with Crippen LogP contribution in [0.1, 0.15) is 42.0 Å². The highest BCUT2D eigenvalue weighted by Crippen LogP contribution is 2.28. The molecular weight excluding hydrogens is 336 g/mol.